The first kappa shape index (κ1) is 12.3. The summed E-state index contributed by atoms with van der Waals surface area (Å²) in [5.74, 6) is -0.00291. The molecule has 0 bridgehead atoms. The Morgan fingerprint density at radius 1 is 1.25 bits per heavy atom. The van der Waals surface area contributed by atoms with Crippen molar-refractivity contribution in [2.24, 2.45) is 0 Å². The number of hydrogen-bond donors (Lipinski definition) is 1. The van der Waals surface area contributed by atoms with Gasteiger partial charge >= 0.3 is 0 Å². The fraction of sp³-hybridized carbons (Fsp3) is 0.0714. The molecule has 2 aromatic heterocycles. The third-order valence-corrected chi connectivity index (χ3v) is 2.76. The molecule has 0 atom stereocenters. The molecule has 6 heteroatoms. The minimum absolute atomic E-state index is 0.0573. The van der Waals surface area contributed by atoms with Crippen molar-refractivity contribution >= 4 is 0 Å². The first-order valence-electron chi connectivity index (χ1n) is 5.88. The molecule has 1 aromatic carbocycles. The van der Waals surface area contributed by atoms with Crippen LogP contribution in [-0.2, 0) is 0 Å². The van der Waals surface area contributed by atoms with Gasteiger partial charge in [0.25, 0.3) is 5.89 Å². The molecule has 20 heavy (non-hydrogen) atoms. The van der Waals surface area contributed by atoms with Gasteiger partial charge in [-0.25, -0.2) is 4.39 Å². The minimum atomic E-state index is -0.363. The number of hydrogen-bond acceptors (Lipinski definition) is 5. The van der Waals surface area contributed by atoms with Gasteiger partial charge < -0.3 is 9.63 Å². The Kier molecular flexibility index (Phi) is 2.90. The van der Waals surface area contributed by atoms with Crippen molar-refractivity contribution in [3.8, 4) is 28.6 Å². The maximum atomic E-state index is 13.4. The van der Waals surface area contributed by atoms with Crippen LogP contribution in [0, 0.1) is 12.7 Å². The van der Waals surface area contributed by atoms with E-state index in [2.05, 4.69) is 15.1 Å². The number of aromatic nitrogens is 3. The van der Waals surface area contributed by atoms with Gasteiger partial charge in [-0.05, 0) is 36.8 Å². The van der Waals surface area contributed by atoms with Gasteiger partial charge in [-0.1, -0.05) is 5.16 Å². The molecule has 0 aliphatic rings. The molecule has 5 nitrogen and oxygen atoms in total. The largest absolute Gasteiger partial charge is 0.505 e. The van der Waals surface area contributed by atoms with E-state index in [4.69, 9.17) is 4.52 Å². The number of pyridine rings is 1. The normalized spacial score (nSPS) is 10.7. The molecule has 0 aliphatic heterocycles. The molecule has 0 saturated carbocycles. The van der Waals surface area contributed by atoms with E-state index in [1.165, 1.54) is 24.5 Å². The summed E-state index contributed by atoms with van der Waals surface area (Å²) in [4.78, 5) is 7.93. The standard InChI is InChI=1S/C14H10FN3O2/c1-8-4-9(6-10(15)5-8)13-17-14(20-18-13)11-2-3-16-7-12(11)19/h2-7,19H,1H3. The monoisotopic (exact) mass is 271 g/mol. The lowest BCUT2D eigenvalue weighted by Crippen LogP contribution is -1.86. The zero-order valence-corrected chi connectivity index (χ0v) is 10.5. The summed E-state index contributed by atoms with van der Waals surface area (Å²) in [5.41, 5.74) is 1.66. The summed E-state index contributed by atoms with van der Waals surface area (Å²) < 4.78 is 18.5. The van der Waals surface area contributed by atoms with Crippen LogP contribution in [0.5, 0.6) is 5.75 Å². The summed E-state index contributed by atoms with van der Waals surface area (Å²) in [6.45, 7) is 1.78. The predicted octanol–water partition coefficient (Wildman–Crippen LogP) is 2.95. The summed E-state index contributed by atoms with van der Waals surface area (Å²) in [7, 11) is 0. The molecule has 0 spiro atoms. The van der Waals surface area contributed by atoms with Gasteiger partial charge in [0.1, 0.15) is 11.6 Å². The van der Waals surface area contributed by atoms with Crippen molar-refractivity contribution in [1.82, 2.24) is 15.1 Å². The van der Waals surface area contributed by atoms with Gasteiger partial charge in [0.2, 0.25) is 5.82 Å². The predicted molar refractivity (Wildman–Crippen MR) is 69.3 cm³/mol. The van der Waals surface area contributed by atoms with Crippen LogP contribution in [-0.4, -0.2) is 20.2 Å². The number of aromatic hydroxyl groups is 1. The number of aryl methyl sites for hydroxylation is 1. The van der Waals surface area contributed by atoms with Gasteiger partial charge in [0.15, 0.2) is 0 Å². The van der Waals surface area contributed by atoms with Crippen LogP contribution in [0.15, 0.2) is 41.2 Å². The lowest BCUT2D eigenvalue weighted by molar-refractivity contribution is 0.425. The molecular weight excluding hydrogens is 261 g/mol. The van der Waals surface area contributed by atoms with Crippen molar-refractivity contribution in [2.75, 3.05) is 0 Å². The van der Waals surface area contributed by atoms with Crippen LogP contribution in [0.25, 0.3) is 22.8 Å². The highest BCUT2D eigenvalue weighted by molar-refractivity contribution is 5.64. The summed E-state index contributed by atoms with van der Waals surface area (Å²) in [6, 6.07) is 6.06. The Morgan fingerprint density at radius 3 is 2.85 bits per heavy atom. The fourth-order valence-electron chi connectivity index (χ4n) is 1.88. The van der Waals surface area contributed by atoms with Crippen LogP contribution in [0.3, 0.4) is 0 Å². The van der Waals surface area contributed by atoms with E-state index in [9.17, 15) is 9.50 Å². The highest BCUT2D eigenvalue weighted by Gasteiger charge is 2.14. The van der Waals surface area contributed by atoms with E-state index in [0.717, 1.165) is 5.56 Å². The molecule has 0 amide bonds. The summed E-state index contributed by atoms with van der Waals surface area (Å²) in [6.07, 6.45) is 2.79. The topological polar surface area (TPSA) is 72.0 Å². The average molecular weight is 271 g/mol. The first-order chi connectivity index (χ1) is 9.63. The second-order valence-corrected chi connectivity index (χ2v) is 4.33. The Bertz CT molecular complexity index is 750. The zero-order chi connectivity index (χ0) is 14.1. The number of halogens is 1. The average Bonchev–Trinajstić information content (AvgIpc) is 2.87. The summed E-state index contributed by atoms with van der Waals surface area (Å²) in [5, 5.41) is 13.5. The van der Waals surface area contributed by atoms with Crippen LogP contribution < -0.4 is 0 Å². The van der Waals surface area contributed by atoms with Gasteiger partial charge in [-0.2, -0.15) is 4.98 Å². The van der Waals surface area contributed by atoms with Crippen molar-refractivity contribution in [3.63, 3.8) is 0 Å². The Morgan fingerprint density at radius 2 is 2.10 bits per heavy atom. The van der Waals surface area contributed by atoms with Crippen LogP contribution in [0.4, 0.5) is 4.39 Å². The van der Waals surface area contributed by atoms with Crippen LogP contribution >= 0.6 is 0 Å². The van der Waals surface area contributed by atoms with Crippen molar-refractivity contribution in [1.29, 1.82) is 0 Å². The Labute approximate surface area is 113 Å². The molecule has 3 rings (SSSR count). The Hall–Kier alpha value is -2.76. The van der Waals surface area contributed by atoms with E-state index in [-0.39, 0.29) is 23.3 Å². The molecule has 0 unspecified atom stereocenters. The molecule has 3 aromatic rings. The molecular formula is C14H10FN3O2. The van der Waals surface area contributed by atoms with Gasteiger partial charge in [-0.15, -0.1) is 0 Å². The molecule has 100 valence electrons. The van der Waals surface area contributed by atoms with Crippen molar-refractivity contribution < 1.29 is 14.0 Å². The minimum Gasteiger partial charge on any atom is -0.505 e. The molecule has 2 heterocycles. The van der Waals surface area contributed by atoms with Crippen molar-refractivity contribution in [2.45, 2.75) is 6.92 Å². The van der Waals surface area contributed by atoms with E-state index >= 15 is 0 Å². The van der Waals surface area contributed by atoms with E-state index in [1.54, 1.807) is 19.1 Å². The SMILES string of the molecule is Cc1cc(F)cc(-c2noc(-c3ccncc3O)n2)c1. The van der Waals surface area contributed by atoms with Gasteiger partial charge in [0.05, 0.1) is 11.8 Å². The lowest BCUT2D eigenvalue weighted by atomic mass is 10.1. The molecule has 0 radical (unpaired) electrons. The third-order valence-electron chi connectivity index (χ3n) is 2.76. The maximum Gasteiger partial charge on any atom is 0.262 e. The quantitative estimate of drug-likeness (QED) is 0.775. The van der Waals surface area contributed by atoms with Gasteiger partial charge in [0, 0.05) is 11.8 Å². The number of nitrogens with zero attached hydrogens (tertiary/aromatic N) is 3. The van der Waals surface area contributed by atoms with E-state index in [1.807, 2.05) is 0 Å². The second-order valence-electron chi connectivity index (χ2n) is 4.33. The zero-order valence-electron chi connectivity index (χ0n) is 10.5. The van der Waals surface area contributed by atoms with Crippen molar-refractivity contribution in [3.05, 3.63) is 48.0 Å². The molecule has 0 saturated heterocycles. The second kappa shape index (κ2) is 4.73. The molecule has 0 fully saturated rings. The molecule has 0 aliphatic carbocycles. The van der Waals surface area contributed by atoms with E-state index < -0.39 is 0 Å². The highest BCUT2D eigenvalue weighted by atomic mass is 19.1. The molecule has 1 N–H and O–H groups in total. The lowest BCUT2D eigenvalue weighted by Gasteiger charge is -1.98. The first-order valence-corrected chi connectivity index (χ1v) is 5.88. The third kappa shape index (κ3) is 2.23. The summed E-state index contributed by atoms with van der Waals surface area (Å²) >= 11 is 0. The van der Waals surface area contributed by atoms with Gasteiger partial charge in [-0.3, -0.25) is 4.98 Å². The number of rotatable bonds is 2. The number of benzene rings is 1. The van der Waals surface area contributed by atoms with Crippen LogP contribution in [0.2, 0.25) is 0 Å². The Balaban J connectivity index is 2.04. The smallest absolute Gasteiger partial charge is 0.262 e. The fourth-order valence-corrected chi connectivity index (χ4v) is 1.88. The maximum absolute atomic E-state index is 13.4. The van der Waals surface area contributed by atoms with Crippen LogP contribution in [0.1, 0.15) is 5.56 Å². The van der Waals surface area contributed by atoms with E-state index in [0.29, 0.717) is 11.1 Å². The highest BCUT2D eigenvalue weighted by Crippen LogP contribution is 2.28.